The third-order valence-electron chi connectivity index (χ3n) is 3.38. The molecule has 3 rings (SSSR count). The number of anilines is 1. The lowest BCUT2D eigenvalue weighted by Crippen LogP contribution is -2.37. The number of amides is 1. The van der Waals surface area contributed by atoms with E-state index in [1.807, 2.05) is 42.5 Å². The van der Waals surface area contributed by atoms with Crippen LogP contribution in [0.25, 0.3) is 10.8 Å². The van der Waals surface area contributed by atoms with Gasteiger partial charge in [0.1, 0.15) is 0 Å². The summed E-state index contributed by atoms with van der Waals surface area (Å²) in [5.41, 5.74) is 7.56. The lowest BCUT2D eigenvalue weighted by Gasteiger charge is -2.13. The van der Waals surface area contributed by atoms with Crippen LogP contribution in [0.5, 0.6) is 0 Å². The van der Waals surface area contributed by atoms with Crippen molar-refractivity contribution in [2.45, 2.75) is 12.5 Å². The van der Waals surface area contributed by atoms with Crippen molar-refractivity contribution in [3.8, 4) is 0 Å². The van der Waals surface area contributed by atoms with Gasteiger partial charge in [0.05, 0.1) is 12.4 Å². The number of benzene rings is 2. The van der Waals surface area contributed by atoms with E-state index in [2.05, 4.69) is 15.3 Å². The molecule has 0 aliphatic rings. The zero-order chi connectivity index (χ0) is 14.7. The van der Waals surface area contributed by atoms with Gasteiger partial charge in [0, 0.05) is 29.4 Å². The summed E-state index contributed by atoms with van der Waals surface area (Å²) in [4.78, 5) is 19.1. The Bertz CT molecular complexity index is 747. The van der Waals surface area contributed by atoms with Gasteiger partial charge in [0.25, 0.3) is 0 Å². The summed E-state index contributed by atoms with van der Waals surface area (Å²) >= 11 is 0. The highest BCUT2D eigenvalue weighted by Gasteiger charge is 2.15. The van der Waals surface area contributed by atoms with Gasteiger partial charge in [-0.3, -0.25) is 4.79 Å². The molecule has 1 atom stereocenters. The average molecular weight is 280 g/mol. The Morgan fingerprint density at radius 1 is 1.24 bits per heavy atom. The van der Waals surface area contributed by atoms with Crippen LogP contribution in [0.2, 0.25) is 0 Å². The van der Waals surface area contributed by atoms with Gasteiger partial charge in [-0.15, -0.1) is 0 Å². The lowest BCUT2D eigenvalue weighted by atomic mass is 10.1. The van der Waals surface area contributed by atoms with Crippen LogP contribution in [-0.2, 0) is 11.2 Å². The van der Waals surface area contributed by atoms with Gasteiger partial charge in [0.15, 0.2) is 0 Å². The van der Waals surface area contributed by atoms with Crippen molar-refractivity contribution < 1.29 is 4.79 Å². The molecular weight excluding hydrogens is 264 g/mol. The van der Waals surface area contributed by atoms with Gasteiger partial charge in [-0.1, -0.05) is 36.4 Å². The molecule has 1 amide bonds. The molecule has 0 unspecified atom stereocenters. The van der Waals surface area contributed by atoms with E-state index < -0.39 is 6.04 Å². The number of rotatable bonds is 4. The van der Waals surface area contributed by atoms with Gasteiger partial charge >= 0.3 is 0 Å². The fourth-order valence-corrected chi connectivity index (χ4v) is 2.29. The first-order valence-electron chi connectivity index (χ1n) is 6.75. The zero-order valence-corrected chi connectivity index (χ0v) is 11.4. The largest absolute Gasteiger partial charge is 0.348 e. The minimum absolute atomic E-state index is 0.207. The van der Waals surface area contributed by atoms with Crippen molar-refractivity contribution in [2.24, 2.45) is 5.73 Å². The van der Waals surface area contributed by atoms with E-state index in [0.29, 0.717) is 6.42 Å². The number of nitrogens with one attached hydrogen (secondary N) is 2. The Morgan fingerprint density at radius 3 is 2.86 bits per heavy atom. The smallest absolute Gasteiger partial charge is 0.241 e. The molecule has 5 nitrogen and oxygen atoms in total. The van der Waals surface area contributed by atoms with E-state index in [1.54, 1.807) is 12.5 Å². The second-order valence-corrected chi connectivity index (χ2v) is 4.90. The van der Waals surface area contributed by atoms with Crippen LogP contribution in [0, 0.1) is 0 Å². The Morgan fingerprint density at radius 2 is 2.05 bits per heavy atom. The number of carbonyl (C=O) groups is 1. The number of aromatic nitrogens is 2. The van der Waals surface area contributed by atoms with E-state index in [-0.39, 0.29) is 5.91 Å². The number of nitrogens with two attached hydrogens (primary N) is 1. The fourth-order valence-electron chi connectivity index (χ4n) is 2.29. The normalized spacial score (nSPS) is 12.2. The Labute approximate surface area is 122 Å². The van der Waals surface area contributed by atoms with Gasteiger partial charge in [-0.2, -0.15) is 0 Å². The number of carbonyl (C=O) groups excluding carboxylic acids is 1. The van der Waals surface area contributed by atoms with Gasteiger partial charge in [-0.25, -0.2) is 4.98 Å². The first-order chi connectivity index (χ1) is 10.2. The molecule has 1 heterocycles. The number of H-pyrrole nitrogens is 1. The minimum Gasteiger partial charge on any atom is -0.348 e. The molecule has 0 spiro atoms. The SMILES string of the molecule is N[C@@H](Cc1cnc[nH]1)C(=O)Nc1cccc2ccccc12. The van der Waals surface area contributed by atoms with Crippen molar-refractivity contribution >= 4 is 22.4 Å². The van der Waals surface area contributed by atoms with Crippen LogP contribution in [0.4, 0.5) is 5.69 Å². The fraction of sp³-hybridized carbons (Fsp3) is 0.125. The van der Waals surface area contributed by atoms with E-state index in [1.165, 1.54) is 0 Å². The molecule has 106 valence electrons. The molecule has 0 saturated heterocycles. The monoisotopic (exact) mass is 280 g/mol. The van der Waals surface area contributed by atoms with Crippen LogP contribution in [-0.4, -0.2) is 21.9 Å². The van der Waals surface area contributed by atoms with Crippen molar-refractivity contribution in [3.63, 3.8) is 0 Å². The summed E-state index contributed by atoms with van der Waals surface area (Å²) in [7, 11) is 0. The van der Waals surface area contributed by atoms with Crippen LogP contribution in [0.1, 0.15) is 5.69 Å². The first-order valence-corrected chi connectivity index (χ1v) is 6.75. The molecule has 5 heteroatoms. The van der Waals surface area contributed by atoms with E-state index in [4.69, 9.17) is 5.73 Å². The number of imidazole rings is 1. The van der Waals surface area contributed by atoms with E-state index in [0.717, 1.165) is 22.2 Å². The summed E-state index contributed by atoms with van der Waals surface area (Å²) in [5.74, 6) is -0.207. The second-order valence-electron chi connectivity index (χ2n) is 4.90. The van der Waals surface area contributed by atoms with Crippen molar-refractivity contribution in [2.75, 3.05) is 5.32 Å². The van der Waals surface area contributed by atoms with Crippen LogP contribution >= 0.6 is 0 Å². The van der Waals surface area contributed by atoms with Crippen LogP contribution in [0.15, 0.2) is 55.0 Å². The molecule has 0 fully saturated rings. The Kier molecular flexibility index (Phi) is 3.66. The predicted octanol–water partition coefficient (Wildman–Crippen LogP) is 2.07. The maximum atomic E-state index is 12.2. The summed E-state index contributed by atoms with van der Waals surface area (Å²) < 4.78 is 0. The zero-order valence-electron chi connectivity index (χ0n) is 11.4. The molecular formula is C16H16N4O. The van der Waals surface area contributed by atoms with Gasteiger partial charge in [-0.05, 0) is 11.5 Å². The molecule has 3 aromatic rings. The molecule has 0 aliphatic carbocycles. The lowest BCUT2D eigenvalue weighted by molar-refractivity contribution is -0.117. The highest BCUT2D eigenvalue weighted by atomic mass is 16.2. The highest BCUT2D eigenvalue weighted by Crippen LogP contribution is 2.23. The molecule has 0 radical (unpaired) electrons. The Balaban J connectivity index is 1.77. The third kappa shape index (κ3) is 2.93. The summed E-state index contributed by atoms with van der Waals surface area (Å²) in [6, 6.07) is 13.1. The number of aromatic amines is 1. The molecule has 0 saturated carbocycles. The van der Waals surface area contributed by atoms with Crippen molar-refractivity contribution in [1.82, 2.24) is 9.97 Å². The van der Waals surface area contributed by atoms with Crippen LogP contribution < -0.4 is 11.1 Å². The van der Waals surface area contributed by atoms with Crippen molar-refractivity contribution in [3.05, 3.63) is 60.7 Å². The molecule has 1 aromatic heterocycles. The maximum absolute atomic E-state index is 12.2. The molecule has 0 aliphatic heterocycles. The minimum atomic E-state index is -0.621. The number of hydrogen-bond donors (Lipinski definition) is 3. The Hall–Kier alpha value is -2.66. The summed E-state index contributed by atoms with van der Waals surface area (Å²) in [5, 5.41) is 4.98. The van der Waals surface area contributed by atoms with Gasteiger partial charge in [0.2, 0.25) is 5.91 Å². The number of hydrogen-bond acceptors (Lipinski definition) is 3. The molecule has 2 aromatic carbocycles. The maximum Gasteiger partial charge on any atom is 0.241 e. The van der Waals surface area contributed by atoms with Crippen molar-refractivity contribution in [1.29, 1.82) is 0 Å². The molecule has 21 heavy (non-hydrogen) atoms. The summed E-state index contributed by atoms with van der Waals surface area (Å²) in [6.07, 6.45) is 3.67. The molecule has 4 N–H and O–H groups in total. The topological polar surface area (TPSA) is 83.8 Å². The highest BCUT2D eigenvalue weighted by molar-refractivity contribution is 6.03. The number of fused-ring (bicyclic) bond motifs is 1. The number of nitrogens with zero attached hydrogens (tertiary/aromatic N) is 1. The van der Waals surface area contributed by atoms with E-state index in [9.17, 15) is 4.79 Å². The van der Waals surface area contributed by atoms with E-state index >= 15 is 0 Å². The summed E-state index contributed by atoms with van der Waals surface area (Å²) in [6.45, 7) is 0. The van der Waals surface area contributed by atoms with Gasteiger partial charge < -0.3 is 16.0 Å². The average Bonchev–Trinajstić information content (AvgIpc) is 3.00. The standard InChI is InChI=1S/C16H16N4O/c17-14(8-12-9-18-10-19-12)16(21)20-15-7-3-5-11-4-1-2-6-13(11)15/h1-7,9-10,14H,8,17H2,(H,18,19)(H,20,21)/t14-/m0/s1. The second kappa shape index (κ2) is 5.76. The predicted molar refractivity (Wildman–Crippen MR) is 82.8 cm³/mol. The quantitative estimate of drug-likeness (QED) is 0.684. The first kappa shape index (κ1) is 13.3. The third-order valence-corrected chi connectivity index (χ3v) is 3.38. The van der Waals surface area contributed by atoms with Crippen LogP contribution in [0.3, 0.4) is 0 Å². The molecule has 0 bridgehead atoms.